The third-order valence-electron chi connectivity index (χ3n) is 4.19. The molecule has 0 heterocycles. The van der Waals surface area contributed by atoms with Gasteiger partial charge in [0.15, 0.2) is 0 Å². The van der Waals surface area contributed by atoms with Crippen LogP contribution in [0.1, 0.15) is 33.1 Å². The maximum absolute atomic E-state index is 10.9. The van der Waals surface area contributed by atoms with Crippen molar-refractivity contribution in [3.63, 3.8) is 0 Å². The Labute approximate surface area is 95.8 Å². The zero-order chi connectivity index (χ0) is 11.1. The molecule has 0 aromatic carbocycles. The van der Waals surface area contributed by atoms with Crippen LogP contribution >= 0.6 is 11.8 Å². The van der Waals surface area contributed by atoms with Crippen LogP contribution in [0.3, 0.4) is 0 Å². The van der Waals surface area contributed by atoms with Gasteiger partial charge < -0.3 is 5.11 Å². The fraction of sp³-hybridized carbons (Fsp3) is 0.917. The van der Waals surface area contributed by atoms with Crippen LogP contribution in [0.4, 0.5) is 0 Å². The highest BCUT2D eigenvalue weighted by molar-refractivity contribution is 7.99. The maximum atomic E-state index is 10.9. The lowest BCUT2D eigenvalue weighted by molar-refractivity contribution is -0.139. The number of hydrogen-bond acceptors (Lipinski definition) is 2. The lowest BCUT2D eigenvalue weighted by Gasteiger charge is -2.24. The van der Waals surface area contributed by atoms with Crippen molar-refractivity contribution in [2.75, 3.05) is 11.5 Å². The SMILES string of the molecule is CC1(C)C(CSCC2CCC2)[C@H]1C(=O)O. The highest BCUT2D eigenvalue weighted by atomic mass is 32.2. The first kappa shape index (κ1) is 11.3. The minimum absolute atomic E-state index is 0.0401. The number of hydrogen-bond donors (Lipinski definition) is 1. The summed E-state index contributed by atoms with van der Waals surface area (Å²) in [5, 5.41) is 9.02. The molecule has 2 saturated carbocycles. The smallest absolute Gasteiger partial charge is 0.307 e. The third kappa shape index (κ3) is 2.17. The van der Waals surface area contributed by atoms with Gasteiger partial charge in [-0.1, -0.05) is 20.3 Å². The molecule has 2 fully saturated rings. The quantitative estimate of drug-likeness (QED) is 0.786. The zero-order valence-corrected chi connectivity index (χ0v) is 10.3. The lowest BCUT2D eigenvalue weighted by Crippen LogP contribution is -2.14. The van der Waals surface area contributed by atoms with Crippen molar-refractivity contribution in [1.82, 2.24) is 0 Å². The molecule has 2 atom stereocenters. The molecule has 2 aliphatic carbocycles. The summed E-state index contributed by atoms with van der Waals surface area (Å²) in [6.45, 7) is 4.17. The maximum Gasteiger partial charge on any atom is 0.307 e. The molecule has 0 saturated heterocycles. The Morgan fingerprint density at radius 3 is 2.47 bits per heavy atom. The van der Waals surface area contributed by atoms with Gasteiger partial charge in [0.2, 0.25) is 0 Å². The van der Waals surface area contributed by atoms with Crippen molar-refractivity contribution in [2.45, 2.75) is 33.1 Å². The molecule has 15 heavy (non-hydrogen) atoms. The largest absolute Gasteiger partial charge is 0.481 e. The second-order valence-corrected chi connectivity index (χ2v) is 6.65. The first-order chi connectivity index (χ1) is 7.03. The number of carboxylic acids is 1. The molecule has 0 aromatic rings. The Hall–Kier alpha value is -0.180. The molecule has 0 bridgehead atoms. The average Bonchev–Trinajstić information content (AvgIpc) is 2.58. The van der Waals surface area contributed by atoms with Crippen LogP contribution in [0.15, 0.2) is 0 Å². The van der Waals surface area contributed by atoms with E-state index in [2.05, 4.69) is 13.8 Å². The van der Waals surface area contributed by atoms with E-state index in [0.29, 0.717) is 5.92 Å². The number of aliphatic carboxylic acids is 1. The molecule has 1 N–H and O–H groups in total. The van der Waals surface area contributed by atoms with Gasteiger partial charge in [0.05, 0.1) is 5.92 Å². The van der Waals surface area contributed by atoms with Crippen LogP contribution in [-0.2, 0) is 4.79 Å². The molecule has 2 nitrogen and oxygen atoms in total. The van der Waals surface area contributed by atoms with Crippen molar-refractivity contribution in [3.8, 4) is 0 Å². The molecular formula is C12H20O2S. The van der Waals surface area contributed by atoms with Gasteiger partial charge in [0.1, 0.15) is 0 Å². The molecule has 0 spiro atoms. The van der Waals surface area contributed by atoms with Gasteiger partial charge >= 0.3 is 5.97 Å². The van der Waals surface area contributed by atoms with Gasteiger partial charge in [-0.3, -0.25) is 4.79 Å². The minimum Gasteiger partial charge on any atom is -0.481 e. The predicted molar refractivity (Wildman–Crippen MR) is 63.1 cm³/mol. The van der Waals surface area contributed by atoms with Crippen LogP contribution in [0.25, 0.3) is 0 Å². The highest BCUT2D eigenvalue weighted by Crippen LogP contribution is 2.59. The van der Waals surface area contributed by atoms with Crippen molar-refractivity contribution in [2.24, 2.45) is 23.2 Å². The van der Waals surface area contributed by atoms with Crippen molar-refractivity contribution in [1.29, 1.82) is 0 Å². The van der Waals surface area contributed by atoms with Crippen LogP contribution in [0, 0.1) is 23.2 Å². The molecule has 3 heteroatoms. The van der Waals surface area contributed by atoms with Crippen LogP contribution in [0.5, 0.6) is 0 Å². The van der Waals surface area contributed by atoms with E-state index in [1.54, 1.807) is 0 Å². The Bertz CT molecular complexity index is 258. The van der Waals surface area contributed by atoms with Gasteiger partial charge in [0, 0.05) is 0 Å². The third-order valence-corrected chi connectivity index (χ3v) is 5.49. The van der Waals surface area contributed by atoms with Crippen LogP contribution in [0.2, 0.25) is 0 Å². The first-order valence-electron chi connectivity index (χ1n) is 5.84. The van der Waals surface area contributed by atoms with E-state index in [9.17, 15) is 4.79 Å². The fourth-order valence-electron chi connectivity index (χ4n) is 2.57. The fourth-order valence-corrected chi connectivity index (χ4v) is 4.25. The Kier molecular flexibility index (Phi) is 3.02. The van der Waals surface area contributed by atoms with Crippen LogP contribution in [-0.4, -0.2) is 22.6 Å². The second kappa shape index (κ2) is 4.00. The van der Waals surface area contributed by atoms with E-state index in [-0.39, 0.29) is 11.3 Å². The van der Waals surface area contributed by atoms with E-state index in [4.69, 9.17) is 5.11 Å². The van der Waals surface area contributed by atoms with Crippen molar-refractivity contribution >= 4 is 17.7 Å². The average molecular weight is 228 g/mol. The minimum atomic E-state index is -0.603. The van der Waals surface area contributed by atoms with Crippen molar-refractivity contribution < 1.29 is 9.90 Å². The molecule has 86 valence electrons. The van der Waals surface area contributed by atoms with Crippen LogP contribution < -0.4 is 0 Å². The summed E-state index contributed by atoms with van der Waals surface area (Å²) in [5.41, 5.74) is 0.0401. The summed E-state index contributed by atoms with van der Waals surface area (Å²) in [6, 6.07) is 0. The summed E-state index contributed by atoms with van der Waals surface area (Å²) in [4.78, 5) is 10.9. The van der Waals surface area contributed by atoms with Gasteiger partial charge in [-0.05, 0) is 41.6 Å². The van der Waals surface area contributed by atoms with E-state index in [1.165, 1.54) is 25.0 Å². The highest BCUT2D eigenvalue weighted by Gasteiger charge is 2.61. The number of carboxylic acid groups (broad SMARTS) is 1. The summed E-state index contributed by atoms with van der Waals surface area (Å²) in [7, 11) is 0. The normalized spacial score (nSPS) is 33.5. The molecule has 2 aliphatic rings. The predicted octanol–water partition coefficient (Wildman–Crippen LogP) is 2.88. The zero-order valence-electron chi connectivity index (χ0n) is 9.53. The Balaban J connectivity index is 1.69. The summed E-state index contributed by atoms with van der Waals surface area (Å²) in [6.07, 6.45) is 4.19. The molecular weight excluding hydrogens is 208 g/mol. The van der Waals surface area contributed by atoms with Gasteiger partial charge in [-0.2, -0.15) is 11.8 Å². The molecule has 2 rings (SSSR count). The topological polar surface area (TPSA) is 37.3 Å². The summed E-state index contributed by atoms with van der Waals surface area (Å²) >= 11 is 1.97. The van der Waals surface area contributed by atoms with Gasteiger partial charge in [-0.25, -0.2) is 0 Å². The number of carbonyl (C=O) groups is 1. The molecule has 0 radical (unpaired) electrons. The van der Waals surface area contributed by atoms with E-state index in [1.807, 2.05) is 11.8 Å². The van der Waals surface area contributed by atoms with E-state index >= 15 is 0 Å². The number of thioether (sulfide) groups is 1. The molecule has 1 unspecified atom stereocenters. The van der Waals surface area contributed by atoms with E-state index < -0.39 is 5.97 Å². The summed E-state index contributed by atoms with van der Waals surface area (Å²) < 4.78 is 0. The Morgan fingerprint density at radius 1 is 1.40 bits per heavy atom. The Morgan fingerprint density at radius 2 is 2.07 bits per heavy atom. The monoisotopic (exact) mass is 228 g/mol. The summed E-state index contributed by atoms with van der Waals surface area (Å²) in [5.74, 6) is 2.93. The second-order valence-electron chi connectivity index (χ2n) is 5.58. The van der Waals surface area contributed by atoms with Gasteiger partial charge in [0.25, 0.3) is 0 Å². The lowest BCUT2D eigenvalue weighted by atomic mass is 9.87. The number of rotatable bonds is 5. The first-order valence-corrected chi connectivity index (χ1v) is 6.99. The molecule has 0 aromatic heterocycles. The molecule has 0 amide bonds. The van der Waals surface area contributed by atoms with Crippen molar-refractivity contribution in [3.05, 3.63) is 0 Å². The van der Waals surface area contributed by atoms with Gasteiger partial charge in [-0.15, -0.1) is 0 Å². The van der Waals surface area contributed by atoms with E-state index in [0.717, 1.165) is 11.7 Å². The molecule has 0 aliphatic heterocycles. The standard InChI is InChI=1S/C12H20O2S/c1-12(2)9(10(12)11(13)14)7-15-6-8-4-3-5-8/h8-10H,3-7H2,1-2H3,(H,13,14)/t9?,10-/m0/s1.